The fourth-order valence-electron chi connectivity index (χ4n) is 2.44. The Balaban J connectivity index is 2.09. The number of benzene rings is 1. The Morgan fingerprint density at radius 3 is 2.68 bits per heavy atom. The van der Waals surface area contributed by atoms with Gasteiger partial charge in [-0.15, -0.1) is 0 Å². The molecule has 0 saturated carbocycles. The van der Waals surface area contributed by atoms with Gasteiger partial charge in [-0.2, -0.15) is 0 Å². The molecule has 2 aromatic heterocycles. The van der Waals surface area contributed by atoms with Gasteiger partial charge in [-0.05, 0) is 45.0 Å². The first-order valence-electron chi connectivity index (χ1n) is 7.81. The van der Waals surface area contributed by atoms with Crippen molar-refractivity contribution >= 4 is 38.6 Å². The fraction of sp³-hybridized carbons (Fsp3) is 0.278. The lowest BCUT2D eigenvalue weighted by Gasteiger charge is -2.20. The number of nitrogens with one attached hydrogen (secondary N) is 1. The van der Waals surface area contributed by atoms with Crippen LogP contribution in [0.1, 0.15) is 20.8 Å². The highest BCUT2D eigenvalue weighted by atomic mass is 79.9. The summed E-state index contributed by atoms with van der Waals surface area (Å²) in [4.78, 5) is 21.2. The molecule has 2 heterocycles. The lowest BCUT2D eigenvalue weighted by Crippen LogP contribution is -2.27. The van der Waals surface area contributed by atoms with Gasteiger partial charge in [0.25, 0.3) is 0 Å². The van der Waals surface area contributed by atoms with Crippen molar-refractivity contribution in [2.75, 3.05) is 5.32 Å². The minimum Gasteiger partial charge on any atom is -0.444 e. The number of halogens is 1. The number of aromatic nitrogens is 3. The molecule has 3 rings (SSSR count). The van der Waals surface area contributed by atoms with Crippen molar-refractivity contribution < 1.29 is 9.53 Å². The second kappa shape index (κ2) is 6.48. The number of nitrogens with zero attached hydrogens (tertiary/aromatic N) is 3. The average Bonchev–Trinajstić information content (AvgIpc) is 2.91. The molecule has 0 spiro atoms. The highest BCUT2D eigenvalue weighted by Crippen LogP contribution is 2.30. The number of amides is 1. The molecular formula is C18H19BrN4O2. The van der Waals surface area contributed by atoms with Gasteiger partial charge in [0.2, 0.25) is 0 Å². The normalized spacial score (nSPS) is 11.6. The van der Waals surface area contributed by atoms with Crippen LogP contribution in [-0.2, 0) is 11.8 Å². The van der Waals surface area contributed by atoms with Crippen molar-refractivity contribution in [3.05, 3.63) is 41.1 Å². The molecular weight excluding hydrogens is 384 g/mol. The number of hydrogen-bond acceptors (Lipinski definition) is 4. The Hall–Kier alpha value is -2.41. The maximum atomic E-state index is 12.2. The Bertz CT molecular complexity index is 944. The number of aryl methyl sites for hydroxylation is 1. The molecule has 0 unspecified atom stereocenters. The number of fused-ring (bicyclic) bond motifs is 1. The van der Waals surface area contributed by atoms with Gasteiger partial charge in [0, 0.05) is 29.3 Å². The van der Waals surface area contributed by atoms with Crippen LogP contribution in [0.4, 0.5) is 10.5 Å². The van der Waals surface area contributed by atoms with Crippen molar-refractivity contribution in [1.82, 2.24) is 14.5 Å². The van der Waals surface area contributed by atoms with Gasteiger partial charge in [0.15, 0.2) is 5.82 Å². The maximum Gasteiger partial charge on any atom is 0.412 e. The van der Waals surface area contributed by atoms with E-state index in [4.69, 9.17) is 4.74 Å². The van der Waals surface area contributed by atoms with E-state index < -0.39 is 11.7 Å². The molecule has 0 bridgehead atoms. The quantitative estimate of drug-likeness (QED) is 0.671. The molecule has 0 radical (unpaired) electrons. The van der Waals surface area contributed by atoms with Crippen molar-refractivity contribution in [1.29, 1.82) is 0 Å². The van der Waals surface area contributed by atoms with Crippen LogP contribution < -0.4 is 5.32 Å². The van der Waals surface area contributed by atoms with Crippen LogP contribution in [0.2, 0.25) is 0 Å². The molecule has 3 aromatic rings. The molecule has 0 saturated heterocycles. The molecule has 6 nitrogen and oxygen atoms in total. The molecule has 1 amide bonds. The number of hydrogen-bond donors (Lipinski definition) is 1. The Labute approximate surface area is 154 Å². The average molecular weight is 403 g/mol. The fourth-order valence-corrected chi connectivity index (χ4v) is 2.80. The topological polar surface area (TPSA) is 69.0 Å². The van der Waals surface area contributed by atoms with Crippen LogP contribution in [0, 0.1) is 0 Å². The van der Waals surface area contributed by atoms with Crippen LogP contribution in [0.25, 0.3) is 22.4 Å². The Kier molecular flexibility index (Phi) is 4.51. The molecule has 0 aliphatic carbocycles. The molecule has 0 aliphatic heterocycles. The Morgan fingerprint density at radius 2 is 2.04 bits per heavy atom. The SMILES string of the molecule is Cn1ccnc1-c1cc(NC(=O)OC(C)(C)C)c2cc(Br)ccc2n1. The molecule has 0 aliphatic rings. The first kappa shape index (κ1) is 17.4. The van der Waals surface area contributed by atoms with E-state index in [1.54, 1.807) is 12.3 Å². The van der Waals surface area contributed by atoms with Crippen molar-refractivity contribution in [3.63, 3.8) is 0 Å². The lowest BCUT2D eigenvalue weighted by atomic mass is 10.1. The third-order valence-corrected chi connectivity index (χ3v) is 3.95. The van der Waals surface area contributed by atoms with E-state index in [-0.39, 0.29) is 0 Å². The predicted molar refractivity (Wildman–Crippen MR) is 102 cm³/mol. The second-order valence-corrected chi connectivity index (χ2v) is 7.62. The summed E-state index contributed by atoms with van der Waals surface area (Å²) in [6.07, 6.45) is 3.05. The number of pyridine rings is 1. The minimum absolute atomic E-state index is 0.509. The van der Waals surface area contributed by atoms with Gasteiger partial charge in [0.1, 0.15) is 11.3 Å². The number of carbonyl (C=O) groups is 1. The third kappa shape index (κ3) is 3.99. The summed E-state index contributed by atoms with van der Waals surface area (Å²) in [5.41, 5.74) is 1.48. The van der Waals surface area contributed by atoms with Gasteiger partial charge in [-0.1, -0.05) is 15.9 Å². The molecule has 7 heteroatoms. The first-order valence-corrected chi connectivity index (χ1v) is 8.60. The lowest BCUT2D eigenvalue weighted by molar-refractivity contribution is 0.0636. The van der Waals surface area contributed by atoms with Gasteiger partial charge in [0.05, 0.1) is 11.2 Å². The van der Waals surface area contributed by atoms with Crippen molar-refractivity contribution in [2.45, 2.75) is 26.4 Å². The zero-order valence-electron chi connectivity index (χ0n) is 14.5. The van der Waals surface area contributed by atoms with Crippen LogP contribution in [-0.4, -0.2) is 26.2 Å². The third-order valence-electron chi connectivity index (χ3n) is 3.46. The summed E-state index contributed by atoms with van der Waals surface area (Å²) >= 11 is 3.46. The van der Waals surface area contributed by atoms with Crippen LogP contribution in [0.5, 0.6) is 0 Å². The molecule has 0 atom stereocenters. The molecule has 0 fully saturated rings. The number of rotatable bonds is 2. The summed E-state index contributed by atoms with van der Waals surface area (Å²) in [5.74, 6) is 0.719. The van der Waals surface area contributed by atoms with Gasteiger partial charge in [-0.3, -0.25) is 5.32 Å². The molecule has 1 aromatic carbocycles. The highest BCUT2D eigenvalue weighted by Gasteiger charge is 2.18. The number of imidazole rings is 1. The Morgan fingerprint density at radius 1 is 1.28 bits per heavy atom. The second-order valence-electron chi connectivity index (χ2n) is 6.71. The summed E-state index contributed by atoms with van der Waals surface area (Å²) < 4.78 is 8.15. The van der Waals surface area contributed by atoms with Gasteiger partial charge < -0.3 is 9.30 Å². The standard InChI is InChI=1S/C18H19BrN4O2/c1-18(2,3)25-17(24)22-14-10-15(16-20-7-8-23(16)4)21-13-6-5-11(19)9-12(13)14/h5-10H,1-4H3,(H,21,22,24). The monoisotopic (exact) mass is 402 g/mol. The summed E-state index contributed by atoms with van der Waals surface area (Å²) in [5, 5.41) is 3.65. The molecule has 25 heavy (non-hydrogen) atoms. The van der Waals surface area contributed by atoms with Crippen molar-refractivity contribution in [3.8, 4) is 11.5 Å². The molecule has 1 N–H and O–H groups in total. The first-order chi connectivity index (χ1) is 11.7. The van der Waals surface area contributed by atoms with E-state index in [2.05, 4.69) is 31.2 Å². The number of anilines is 1. The van der Waals surface area contributed by atoms with E-state index in [0.717, 1.165) is 21.2 Å². The van der Waals surface area contributed by atoms with Crippen molar-refractivity contribution in [2.24, 2.45) is 7.05 Å². The summed E-state index contributed by atoms with van der Waals surface area (Å²) in [7, 11) is 1.90. The van der Waals surface area contributed by atoms with E-state index >= 15 is 0 Å². The van der Waals surface area contributed by atoms with E-state index in [1.807, 2.05) is 56.8 Å². The van der Waals surface area contributed by atoms with E-state index in [0.29, 0.717) is 11.4 Å². The van der Waals surface area contributed by atoms with Crippen LogP contribution in [0.3, 0.4) is 0 Å². The smallest absolute Gasteiger partial charge is 0.412 e. The zero-order valence-corrected chi connectivity index (χ0v) is 16.1. The number of ether oxygens (including phenoxy) is 1. The predicted octanol–water partition coefficient (Wildman–Crippen LogP) is 4.74. The highest BCUT2D eigenvalue weighted by molar-refractivity contribution is 9.10. The maximum absolute atomic E-state index is 12.2. The van der Waals surface area contributed by atoms with Crippen LogP contribution >= 0.6 is 15.9 Å². The van der Waals surface area contributed by atoms with E-state index in [9.17, 15) is 4.79 Å². The number of carbonyl (C=O) groups excluding carboxylic acids is 1. The minimum atomic E-state index is -0.573. The molecule has 130 valence electrons. The summed E-state index contributed by atoms with van der Waals surface area (Å²) in [6.45, 7) is 5.48. The van der Waals surface area contributed by atoms with Gasteiger partial charge in [-0.25, -0.2) is 14.8 Å². The summed E-state index contributed by atoms with van der Waals surface area (Å²) in [6, 6.07) is 7.53. The van der Waals surface area contributed by atoms with Crippen LogP contribution in [0.15, 0.2) is 41.1 Å². The zero-order chi connectivity index (χ0) is 18.2. The van der Waals surface area contributed by atoms with E-state index in [1.165, 1.54) is 0 Å². The largest absolute Gasteiger partial charge is 0.444 e. The van der Waals surface area contributed by atoms with Gasteiger partial charge >= 0.3 is 6.09 Å².